The van der Waals surface area contributed by atoms with E-state index in [1.54, 1.807) is 0 Å². The molecule has 276 valence electrons. The first-order valence-corrected chi connectivity index (χ1v) is 22.6. The minimum Gasteiger partial charge on any atom is -0.295 e. The molecule has 2 aromatic heterocycles. The van der Waals surface area contributed by atoms with Crippen molar-refractivity contribution in [2.24, 2.45) is 0 Å². The Morgan fingerprint density at radius 3 is 1.36 bits per heavy atom. The summed E-state index contributed by atoms with van der Waals surface area (Å²) in [6.07, 6.45) is 2.02. The molecule has 0 saturated heterocycles. The number of nitrogens with zero attached hydrogens (tertiary/aromatic N) is 5. The standard InChI is InChI=1S/C52H39N5Si/c1-58(2)47-29-17-15-27-45(47)57(46-28-16-18-30-48(46)58)52-44(51-55-49(38-23-11-5-12-24-38)54-50(56-51)39-25-13-6-14-26-39)34-41(35-53-52)43-33-40(36-19-7-3-8-20-36)31-32-42(43)37-21-9-4-10-22-37/h3-35H,1-2H3. The van der Waals surface area contributed by atoms with Crippen molar-refractivity contribution in [3.8, 4) is 67.5 Å². The van der Waals surface area contributed by atoms with E-state index in [0.29, 0.717) is 17.5 Å². The Morgan fingerprint density at radius 2 is 0.810 bits per heavy atom. The van der Waals surface area contributed by atoms with Crippen LogP contribution in [0.2, 0.25) is 13.1 Å². The maximum absolute atomic E-state index is 5.48. The zero-order valence-electron chi connectivity index (χ0n) is 32.3. The van der Waals surface area contributed by atoms with Crippen molar-refractivity contribution in [1.29, 1.82) is 0 Å². The first kappa shape index (κ1) is 35.2. The fraction of sp³-hybridized carbons (Fsp3) is 0.0385. The molecule has 0 N–H and O–H groups in total. The molecule has 0 amide bonds. The fourth-order valence-electron chi connectivity index (χ4n) is 8.24. The number of aromatic nitrogens is 4. The van der Waals surface area contributed by atoms with Gasteiger partial charge in [-0.3, -0.25) is 4.90 Å². The zero-order chi connectivity index (χ0) is 39.1. The summed E-state index contributed by atoms with van der Waals surface area (Å²) in [6.45, 7) is 4.88. The minimum atomic E-state index is -2.07. The van der Waals surface area contributed by atoms with Gasteiger partial charge in [0.2, 0.25) is 0 Å². The van der Waals surface area contributed by atoms with Crippen LogP contribution in [0.4, 0.5) is 17.2 Å². The Bertz CT molecular complexity index is 2810. The van der Waals surface area contributed by atoms with Crippen LogP contribution in [0.5, 0.6) is 0 Å². The first-order chi connectivity index (χ1) is 28.5. The lowest BCUT2D eigenvalue weighted by atomic mass is 9.91. The second kappa shape index (κ2) is 14.7. The summed E-state index contributed by atoms with van der Waals surface area (Å²) in [4.78, 5) is 23.5. The Balaban J connectivity index is 1.28. The Morgan fingerprint density at radius 1 is 0.362 bits per heavy atom. The monoisotopic (exact) mass is 761 g/mol. The fourth-order valence-corrected chi connectivity index (χ4v) is 11.2. The van der Waals surface area contributed by atoms with Crippen LogP contribution in [-0.4, -0.2) is 28.0 Å². The maximum Gasteiger partial charge on any atom is 0.167 e. The predicted octanol–water partition coefficient (Wildman–Crippen LogP) is 11.9. The van der Waals surface area contributed by atoms with Crippen molar-refractivity contribution in [2.75, 3.05) is 4.90 Å². The van der Waals surface area contributed by atoms with Crippen molar-refractivity contribution in [3.05, 3.63) is 200 Å². The Kier molecular flexibility index (Phi) is 8.88. The third-order valence-corrected chi connectivity index (χ3v) is 14.7. The van der Waals surface area contributed by atoms with Gasteiger partial charge in [-0.05, 0) is 62.5 Å². The normalized spacial score (nSPS) is 12.8. The molecule has 1 aliphatic rings. The van der Waals surface area contributed by atoms with Gasteiger partial charge < -0.3 is 0 Å². The van der Waals surface area contributed by atoms with Crippen molar-refractivity contribution in [3.63, 3.8) is 0 Å². The third kappa shape index (κ3) is 6.30. The zero-order valence-corrected chi connectivity index (χ0v) is 33.3. The van der Waals surface area contributed by atoms with Gasteiger partial charge in [0.25, 0.3) is 0 Å². The molecular formula is C52H39N5Si. The van der Waals surface area contributed by atoms with Crippen molar-refractivity contribution in [2.45, 2.75) is 13.1 Å². The van der Waals surface area contributed by atoms with Crippen molar-refractivity contribution in [1.82, 2.24) is 19.9 Å². The minimum absolute atomic E-state index is 0.551. The van der Waals surface area contributed by atoms with Crippen LogP contribution >= 0.6 is 0 Å². The number of pyridine rings is 1. The molecule has 1 aliphatic heterocycles. The number of fused-ring (bicyclic) bond motifs is 2. The maximum atomic E-state index is 5.48. The topological polar surface area (TPSA) is 54.8 Å². The summed E-state index contributed by atoms with van der Waals surface area (Å²) in [5, 5.41) is 2.72. The van der Waals surface area contributed by atoms with Crippen LogP contribution in [0, 0.1) is 0 Å². The van der Waals surface area contributed by atoms with E-state index in [1.165, 1.54) is 10.4 Å². The lowest BCUT2D eigenvalue weighted by Crippen LogP contribution is -2.58. The molecule has 7 aromatic carbocycles. The van der Waals surface area contributed by atoms with E-state index in [9.17, 15) is 0 Å². The molecule has 9 aromatic rings. The van der Waals surface area contributed by atoms with Gasteiger partial charge in [0, 0.05) is 34.3 Å². The Hall–Kier alpha value is -7.28. The molecule has 0 saturated carbocycles. The molecule has 0 bridgehead atoms. The van der Waals surface area contributed by atoms with Crippen LogP contribution < -0.4 is 15.3 Å². The third-order valence-electron chi connectivity index (χ3n) is 11.2. The summed E-state index contributed by atoms with van der Waals surface area (Å²) < 4.78 is 0. The summed E-state index contributed by atoms with van der Waals surface area (Å²) in [5.41, 5.74) is 11.5. The van der Waals surface area contributed by atoms with Crippen LogP contribution in [0.15, 0.2) is 200 Å². The molecule has 3 heterocycles. The first-order valence-electron chi connectivity index (χ1n) is 19.6. The average Bonchev–Trinajstić information content (AvgIpc) is 3.30. The second-order valence-electron chi connectivity index (χ2n) is 15.1. The van der Waals surface area contributed by atoms with E-state index in [0.717, 1.165) is 67.3 Å². The Labute approximate surface area is 340 Å². The van der Waals surface area contributed by atoms with Crippen molar-refractivity contribution < 1.29 is 0 Å². The van der Waals surface area contributed by atoms with Gasteiger partial charge in [-0.1, -0.05) is 183 Å². The van der Waals surface area contributed by atoms with Crippen LogP contribution in [0.1, 0.15) is 0 Å². The number of hydrogen-bond acceptors (Lipinski definition) is 5. The summed E-state index contributed by atoms with van der Waals surface area (Å²) >= 11 is 0. The smallest absolute Gasteiger partial charge is 0.167 e. The van der Waals surface area contributed by atoms with Gasteiger partial charge in [0.05, 0.1) is 5.56 Å². The highest BCUT2D eigenvalue weighted by Crippen LogP contribution is 2.44. The summed E-state index contributed by atoms with van der Waals surface area (Å²) in [5.74, 6) is 2.52. The van der Waals surface area contributed by atoms with E-state index in [4.69, 9.17) is 19.9 Å². The lowest BCUT2D eigenvalue weighted by Gasteiger charge is -2.40. The average molecular weight is 762 g/mol. The molecule has 58 heavy (non-hydrogen) atoms. The molecule has 0 radical (unpaired) electrons. The molecule has 0 spiro atoms. The number of para-hydroxylation sites is 2. The van der Waals surface area contributed by atoms with Crippen LogP contribution in [-0.2, 0) is 0 Å². The number of anilines is 3. The van der Waals surface area contributed by atoms with E-state index < -0.39 is 8.07 Å². The number of benzene rings is 7. The highest BCUT2D eigenvalue weighted by molar-refractivity contribution is 7.02. The molecule has 0 atom stereocenters. The lowest BCUT2D eigenvalue weighted by molar-refractivity contribution is 1.06. The van der Waals surface area contributed by atoms with E-state index >= 15 is 0 Å². The van der Waals surface area contributed by atoms with Crippen molar-refractivity contribution >= 4 is 35.6 Å². The predicted molar refractivity (Wildman–Crippen MR) is 242 cm³/mol. The van der Waals surface area contributed by atoms with Gasteiger partial charge in [-0.25, -0.2) is 19.9 Å². The second-order valence-corrected chi connectivity index (χ2v) is 19.4. The largest absolute Gasteiger partial charge is 0.295 e. The van der Waals surface area contributed by atoms with Gasteiger partial charge in [0.15, 0.2) is 17.5 Å². The molecule has 0 aliphatic carbocycles. The number of rotatable bonds is 7. The van der Waals surface area contributed by atoms with Gasteiger partial charge in [-0.15, -0.1) is 0 Å². The van der Waals surface area contributed by atoms with Crippen LogP contribution in [0.25, 0.3) is 67.5 Å². The molecule has 0 fully saturated rings. The molecular weight excluding hydrogens is 723 g/mol. The van der Waals surface area contributed by atoms with E-state index in [-0.39, 0.29) is 0 Å². The van der Waals surface area contributed by atoms with E-state index in [1.807, 2.05) is 42.6 Å². The molecule has 5 nitrogen and oxygen atoms in total. The van der Waals surface area contributed by atoms with Gasteiger partial charge >= 0.3 is 0 Å². The molecule has 0 unspecified atom stereocenters. The van der Waals surface area contributed by atoms with E-state index in [2.05, 4.69) is 176 Å². The quantitative estimate of drug-likeness (QED) is 0.151. The van der Waals surface area contributed by atoms with Gasteiger partial charge in [0.1, 0.15) is 13.9 Å². The highest BCUT2D eigenvalue weighted by atomic mass is 28.3. The van der Waals surface area contributed by atoms with Gasteiger partial charge in [-0.2, -0.15) is 0 Å². The molecule has 10 rings (SSSR count). The summed E-state index contributed by atoms with van der Waals surface area (Å²) in [6, 6.07) is 68.0. The number of hydrogen-bond donors (Lipinski definition) is 0. The highest BCUT2D eigenvalue weighted by Gasteiger charge is 2.39. The summed E-state index contributed by atoms with van der Waals surface area (Å²) in [7, 11) is -2.07. The van der Waals surface area contributed by atoms with Crippen LogP contribution in [0.3, 0.4) is 0 Å². The SMILES string of the molecule is C[Si]1(C)c2ccccc2N(c2ncc(-c3cc(-c4ccccc4)ccc3-c3ccccc3)cc2-c2nc(-c3ccccc3)nc(-c3ccccc3)n2)c2ccccc21. The molecule has 6 heteroatoms.